The van der Waals surface area contributed by atoms with E-state index in [0.717, 1.165) is 12.1 Å². The predicted molar refractivity (Wildman–Crippen MR) is 67.3 cm³/mol. The van der Waals surface area contributed by atoms with Gasteiger partial charge in [-0.2, -0.15) is 13.2 Å². The standard InChI is InChI=1S/C12H14F3N3O2/c1-2-7(10(16)18-20)11(19)17-9-6-4-3-5-8(9)12(13,14)15/h3-7,20H,2H2,1H3,(H2,16,18)(H,17,19). The highest BCUT2D eigenvalue weighted by Crippen LogP contribution is 2.34. The summed E-state index contributed by atoms with van der Waals surface area (Å²) in [7, 11) is 0. The first-order valence-electron chi connectivity index (χ1n) is 5.75. The van der Waals surface area contributed by atoms with E-state index in [9.17, 15) is 18.0 Å². The third kappa shape index (κ3) is 3.62. The molecule has 110 valence electrons. The van der Waals surface area contributed by atoms with Crippen LogP contribution in [0.1, 0.15) is 18.9 Å². The molecule has 5 nitrogen and oxygen atoms in total. The van der Waals surface area contributed by atoms with Gasteiger partial charge in [-0.3, -0.25) is 4.79 Å². The van der Waals surface area contributed by atoms with Crippen molar-refractivity contribution < 1.29 is 23.2 Å². The van der Waals surface area contributed by atoms with Gasteiger partial charge in [0.2, 0.25) is 5.91 Å². The Labute approximate surface area is 113 Å². The molecule has 0 aliphatic rings. The van der Waals surface area contributed by atoms with E-state index >= 15 is 0 Å². The van der Waals surface area contributed by atoms with E-state index in [0.29, 0.717) is 0 Å². The van der Waals surface area contributed by atoms with Crippen molar-refractivity contribution >= 4 is 17.4 Å². The van der Waals surface area contributed by atoms with Crippen LogP contribution >= 0.6 is 0 Å². The zero-order valence-electron chi connectivity index (χ0n) is 10.6. The van der Waals surface area contributed by atoms with E-state index in [-0.39, 0.29) is 17.9 Å². The van der Waals surface area contributed by atoms with Crippen molar-refractivity contribution in [3.05, 3.63) is 29.8 Å². The molecule has 0 fully saturated rings. The quantitative estimate of drug-likeness (QED) is 0.344. The maximum absolute atomic E-state index is 12.8. The van der Waals surface area contributed by atoms with Crippen LogP contribution in [-0.4, -0.2) is 17.0 Å². The second-order valence-corrected chi connectivity index (χ2v) is 4.02. The van der Waals surface area contributed by atoms with Crippen molar-refractivity contribution in [2.24, 2.45) is 16.8 Å². The van der Waals surface area contributed by atoms with Gasteiger partial charge in [-0.15, -0.1) is 0 Å². The number of amides is 1. The summed E-state index contributed by atoms with van der Waals surface area (Å²) in [6.45, 7) is 1.60. The Morgan fingerprint density at radius 2 is 2.05 bits per heavy atom. The molecule has 0 heterocycles. The first-order valence-corrected chi connectivity index (χ1v) is 5.75. The number of nitrogens with one attached hydrogen (secondary N) is 1. The van der Waals surface area contributed by atoms with Gasteiger partial charge in [0.25, 0.3) is 0 Å². The van der Waals surface area contributed by atoms with Gasteiger partial charge in [0, 0.05) is 0 Å². The largest absolute Gasteiger partial charge is 0.418 e. The first kappa shape index (κ1) is 15.8. The molecule has 0 saturated heterocycles. The number of carbonyl (C=O) groups excluding carboxylic acids is 1. The molecule has 0 aliphatic carbocycles. The van der Waals surface area contributed by atoms with Gasteiger partial charge >= 0.3 is 6.18 Å². The number of para-hydroxylation sites is 1. The van der Waals surface area contributed by atoms with E-state index < -0.39 is 23.6 Å². The molecular formula is C12H14F3N3O2. The van der Waals surface area contributed by atoms with Crippen LogP contribution in [0.15, 0.2) is 29.4 Å². The molecule has 0 bridgehead atoms. The fraction of sp³-hybridized carbons (Fsp3) is 0.333. The van der Waals surface area contributed by atoms with Crippen LogP contribution in [0.2, 0.25) is 0 Å². The van der Waals surface area contributed by atoms with Gasteiger partial charge in [-0.1, -0.05) is 24.2 Å². The molecule has 1 aromatic carbocycles. The smallest absolute Gasteiger partial charge is 0.409 e. The molecule has 0 aliphatic heterocycles. The Morgan fingerprint density at radius 1 is 1.45 bits per heavy atom. The SMILES string of the molecule is CCC(C(=O)Nc1ccccc1C(F)(F)F)C(N)=NO. The molecular weight excluding hydrogens is 275 g/mol. The Bertz CT molecular complexity index is 515. The zero-order valence-corrected chi connectivity index (χ0v) is 10.6. The van der Waals surface area contributed by atoms with Crippen LogP contribution in [0.4, 0.5) is 18.9 Å². The van der Waals surface area contributed by atoms with Crippen molar-refractivity contribution in [3.8, 4) is 0 Å². The zero-order chi connectivity index (χ0) is 15.3. The number of hydrogen-bond donors (Lipinski definition) is 3. The topological polar surface area (TPSA) is 87.7 Å². The van der Waals surface area contributed by atoms with Gasteiger partial charge in [0.1, 0.15) is 0 Å². The lowest BCUT2D eigenvalue weighted by molar-refractivity contribution is -0.137. The summed E-state index contributed by atoms with van der Waals surface area (Å²) in [5.41, 5.74) is 4.00. The summed E-state index contributed by atoms with van der Waals surface area (Å²) in [4.78, 5) is 11.9. The monoisotopic (exact) mass is 289 g/mol. The highest BCUT2D eigenvalue weighted by Gasteiger charge is 2.34. The lowest BCUT2D eigenvalue weighted by atomic mass is 10.0. The summed E-state index contributed by atoms with van der Waals surface area (Å²) in [6.07, 6.45) is -4.39. The van der Waals surface area contributed by atoms with Crippen molar-refractivity contribution in [1.82, 2.24) is 0 Å². The molecule has 0 saturated carbocycles. The number of rotatable bonds is 4. The molecule has 1 amide bonds. The van der Waals surface area contributed by atoms with Gasteiger partial charge in [0.05, 0.1) is 17.2 Å². The second kappa shape index (κ2) is 6.27. The number of halogens is 3. The van der Waals surface area contributed by atoms with Gasteiger partial charge in [-0.25, -0.2) is 0 Å². The minimum atomic E-state index is -4.58. The minimum Gasteiger partial charge on any atom is -0.409 e. The molecule has 4 N–H and O–H groups in total. The number of nitrogens with zero attached hydrogens (tertiary/aromatic N) is 1. The van der Waals surface area contributed by atoms with Crippen LogP contribution in [-0.2, 0) is 11.0 Å². The average Bonchev–Trinajstić information content (AvgIpc) is 2.38. The number of carbonyl (C=O) groups is 1. The third-order valence-corrected chi connectivity index (χ3v) is 2.69. The predicted octanol–water partition coefficient (Wildman–Crippen LogP) is 2.42. The second-order valence-electron chi connectivity index (χ2n) is 4.02. The average molecular weight is 289 g/mol. The number of oxime groups is 1. The fourth-order valence-corrected chi connectivity index (χ4v) is 1.66. The maximum Gasteiger partial charge on any atom is 0.418 e. The van der Waals surface area contributed by atoms with Crippen molar-refractivity contribution in [1.29, 1.82) is 0 Å². The molecule has 1 rings (SSSR count). The van der Waals surface area contributed by atoms with E-state index in [1.165, 1.54) is 12.1 Å². The summed E-state index contributed by atoms with van der Waals surface area (Å²) in [6, 6.07) is 4.59. The van der Waals surface area contributed by atoms with Gasteiger partial charge in [-0.05, 0) is 18.6 Å². The van der Waals surface area contributed by atoms with E-state index in [2.05, 4.69) is 10.5 Å². The Hall–Kier alpha value is -2.25. The number of hydrogen-bond acceptors (Lipinski definition) is 3. The molecule has 1 aromatic rings. The van der Waals surface area contributed by atoms with Crippen LogP contribution in [0.5, 0.6) is 0 Å². The van der Waals surface area contributed by atoms with Crippen LogP contribution < -0.4 is 11.1 Å². The van der Waals surface area contributed by atoms with E-state index in [4.69, 9.17) is 10.9 Å². The number of nitrogens with two attached hydrogens (primary N) is 1. The first-order chi connectivity index (χ1) is 9.31. The molecule has 0 aromatic heterocycles. The van der Waals surface area contributed by atoms with Crippen LogP contribution in [0.25, 0.3) is 0 Å². The normalized spacial score (nSPS) is 13.9. The minimum absolute atomic E-state index is 0.190. The summed E-state index contributed by atoms with van der Waals surface area (Å²) in [5, 5.41) is 13.4. The third-order valence-electron chi connectivity index (χ3n) is 2.69. The maximum atomic E-state index is 12.8. The van der Waals surface area contributed by atoms with E-state index in [1.54, 1.807) is 6.92 Å². The van der Waals surface area contributed by atoms with Crippen molar-refractivity contribution in [2.45, 2.75) is 19.5 Å². The molecule has 1 unspecified atom stereocenters. The highest BCUT2D eigenvalue weighted by atomic mass is 19.4. The molecule has 0 radical (unpaired) electrons. The van der Waals surface area contributed by atoms with Crippen molar-refractivity contribution in [2.75, 3.05) is 5.32 Å². The number of benzene rings is 1. The molecule has 0 spiro atoms. The lowest BCUT2D eigenvalue weighted by Gasteiger charge is -2.17. The lowest BCUT2D eigenvalue weighted by Crippen LogP contribution is -2.34. The fourth-order valence-electron chi connectivity index (χ4n) is 1.66. The van der Waals surface area contributed by atoms with Crippen LogP contribution in [0, 0.1) is 5.92 Å². The van der Waals surface area contributed by atoms with Crippen LogP contribution in [0.3, 0.4) is 0 Å². The van der Waals surface area contributed by atoms with Gasteiger partial charge in [0.15, 0.2) is 5.84 Å². The number of anilines is 1. The number of amidine groups is 1. The highest BCUT2D eigenvalue weighted by molar-refractivity contribution is 6.07. The summed E-state index contributed by atoms with van der Waals surface area (Å²) in [5.74, 6) is -2.12. The summed E-state index contributed by atoms with van der Waals surface area (Å²) < 4.78 is 38.3. The Kier molecular flexibility index (Phi) is 4.95. The number of alkyl halides is 3. The summed E-state index contributed by atoms with van der Waals surface area (Å²) >= 11 is 0. The molecule has 8 heteroatoms. The van der Waals surface area contributed by atoms with Crippen molar-refractivity contribution in [3.63, 3.8) is 0 Å². The van der Waals surface area contributed by atoms with E-state index in [1.807, 2.05) is 0 Å². The molecule has 20 heavy (non-hydrogen) atoms. The Balaban J connectivity index is 3.02. The Morgan fingerprint density at radius 3 is 2.55 bits per heavy atom. The van der Waals surface area contributed by atoms with Gasteiger partial charge < -0.3 is 16.3 Å². The molecule has 1 atom stereocenters.